The van der Waals surface area contributed by atoms with Crippen molar-refractivity contribution in [2.75, 3.05) is 13.1 Å². The van der Waals surface area contributed by atoms with E-state index in [1.54, 1.807) is 17.9 Å². The molecule has 1 aromatic heterocycles. The van der Waals surface area contributed by atoms with E-state index < -0.39 is 11.6 Å². The molecule has 2 fully saturated rings. The van der Waals surface area contributed by atoms with Crippen molar-refractivity contribution in [3.63, 3.8) is 0 Å². The van der Waals surface area contributed by atoms with Gasteiger partial charge >= 0.3 is 6.03 Å². The van der Waals surface area contributed by atoms with Crippen LogP contribution in [0.1, 0.15) is 29.0 Å². The molecule has 2 aliphatic heterocycles. The van der Waals surface area contributed by atoms with Crippen molar-refractivity contribution in [3.05, 3.63) is 23.7 Å². The summed E-state index contributed by atoms with van der Waals surface area (Å²) in [5, 5.41) is 4.88. The lowest BCUT2D eigenvalue weighted by Crippen LogP contribution is -2.59. The SMILES string of the molecule is Cc1occc1C(=O)N1CCCC2(C1)NC(=O)NC2=O. The van der Waals surface area contributed by atoms with Gasteiger partial charge < -0.3 is 14.6 Å². The normalized spacial score (nSPS) is 25.8. The lowest BCUT2D eigenvalue weighted by molar-refractivity contribution is -0.125. The van der Waals surface area contributed by atoms with Crippen molar-refractivity contribution in [1.82, 2.24) is 15.5 Å². The van der Waals surface area contributed by atoms with Crippen molar-refractivity contribution < 1.29 is 18.8 Å². The summed E-state index contributed by atoms with van der Waals surface area (Å²) >= 11 is 0. The van der Waals surface area contributed by atoms with E-state index >= 15 is 0 Å². The highest BCUT2D eigenvalue weighted by molar-refractivity contribution is 6.07. The van der Waals surface area contributed by atoms with Crippen LogP contribution in [0.4, 0.5) is 4.79 Å². The molecular formula is C13H15N3O4. The number of aryl methyl sites for hydroxylation is 1. The molecule has 20 heavy (non-hydrogen) atoms. The first-order chi connectivity index (χ1) is 9.52. The molecule has 1 aromatic rings. The predicted octanol–water partition coefficient (Wildman–Crippen LogP) is 0.402. The Kier molecular flexibility index (Phi) is 2.77. The first-order valence-corrected chi connectivity index (χ1v) is 6.49. The highest BCUT2D eigenvalue weighted by atomic mass is 16.3. The molecule has 0 saturated carbocycles. The number of nitrogens with zero attached hydrogens (tertiary/aromatic N) is 1. The lowest BCUT2D eigenvalue weighted by Gasteiger charge is -2.37. The number of carbonyl (C=O) groups is 3. The number of likely N-dealkylation sites (tertiary alicyclic amines) is 1. The standard InChI is InChI=1S/C13H15N3O4/c1-8-9(3-6-20-8)10(17)16-5-2-4-13(7-16)11(18)14-12(19)15-13/h3,6H,2,4-5,7H2,1H3,(H2,14,15,18,19). The van der Waals surface area contributed by atoms with Crippen LogP contribution in [0.5, 0.6) is 0 Å². The minimum absolute atomic E-state index is 0.177. The predicted molar refractivity (Wildman–Crippen MR) is 68.0 cm³/mol. The van der Waals surface area contributed by atoms with Crippen molar-refractivity contribution >= 4 is 17.8 Å². The zero-order valence-corrected chi connectivity index (χ0v) is 11.1. The van der Waals surface area contributed by atoms with E-state index in [9.17, 15) is 14.4 Å². The van der Waals surface area contributed by atoms with Gasteiger partial charge in [0.2, 0.25) is 0 Å². The molecule has 7 nitrogen and oxygen atoms in total. The molecule has 0 bridgehead atoms. The van der Waals surface area contributed by atoms with Gasteiger partial charge in [0.25, 0.3) is 11.8 Å². The average Bonchev–Trinajstić information content (AvgIpc) is 2.94. The Morgan fingerprint density at radius 2 is 2.25 bits per heavy atom. The van der Waals surface area contributed by atoms with Crippen LogP contribution in [-0.2, 0) is 4.79 Å². The fourth-order valence-electron chi connectivity index (χ4n) is 2.82. The van der Waals surface area contributed by atoms with Crippen LogP contribution in [0, 0.1) is 6.92 Å². The summed E-state index contributed by atoms with van der Waals surface area (Å²) in [6, 6.07) is 1.12. The number of imide groups is 1. The Morgan fingerprint density at radius 3 is 2.85 bits per heavy atom. The molecule has 0 aliphatic carbocycles. The number of carbonyl (C=O) groups excluding carboxylic acids is 3. The highest BCUT2D eigenvalue weighted by Gasteiger charge is 2.49. The smallest absolute Gasteiger partial charge is 0.322 e. The average molecular weight is 277 g/mol. The van der Waals surface area contributed by atoms with Gasteiger partial charge in [-0.05, 0) is 25.8 Å². The molecule has 2 aliphatic rings. The van der Waals surface area contributed by atoms with Crippen LogP contribution < -0.4 is 10.6 Å². The number of amides is 4. The Hall–Kier alpha value is -2.31. The van der Waals surface area contributed by atoms with Gasteiger partial charge in [0, 0.05) is 6.54 Å². The van der Waals surface area contributed by atoms with Crippen LogP contribution >= 0.6 is 0 Å². The second kappa shape index (κ2) is 4.36. The highest BCUT2D eigenvalue weighted by Crippen LogP contribution is 2.26. The number of rotatable bonds is 1. The third kappa shape index (κ3) is 1.86. The number of hydrogen-bond acceptors (Lipinski definition) is 4. The van der Waals surface area contributed by atoms with Gasteiger partial charge in [-0.15, -0.1) is 0 Å². The summed E-state index contributed by atoms with van der Waals surface area (Å²) in [6.07, 6.45) is 2.67. The maximum absolute atomic E-state index is 12.4. The molecule has 3 heterocycles. The number of urea groups is 1. The summed E-state index contributed by atoms with van der Waals surface area (Å²) in [5.41, 5.74) is -0.491. The van der Waals surface area contributed by atoms with Crippen molar-refractivity contribution in [1.29, 1.82) is 0 Å². The fraction of sp³-hybridized carbons (Fsp3) is 0.462. The first kappa shape index (κ1) is 12.7. The topological polar surface area (TPSA) is 91.7 Å². The molecular weight excluding hydrogens is 262 g/mol. The first-order valence-electron chi connectivity index (χ1n) is 6.49. The Labute approximate surface area is 115 Å². The third-order valence-electron chi connectivity index (χ3n) is 3.88. The summed E-state index contributed by atoms with van der Waals surface area (Å²) in [6.45, 7) is 2.47. The van der Waals surface area contributed by atoms with Crippen LogP contribution in [0.25, 0.3) is 0 Å². The van der Waals surface area contributed by atoms with Crippen molar-refractivity contribution in [3.8, 4) is 0 Å². The second-order valence-corrected chi connectivity index (χ2v) is 5.21. The quantitative estimate of drug-likeness (QED) is 0.727. The van der Waals surface area contributed by atoms with E-state index in [4.69, 9.17) is 4.42 Å². The molecule has 0 aromatic carbocycles. The van der Waals surface area contributed by atoms with Gasteiger partial charge in [-0.3, -0.25) is 14.9 Å². The number of nitrogens with one attached hydrogen (secondary N) is 2. The van der Waals surface area contributed by atoms with Crippen LogP contribution in [0.2, 0.25) is 0 Å². The van der Waals surface area contributed by atoms with E-state index in [-0.39, 0.29) is 18.4 Å². The number of hydrogen-bond donors (Lipinski definition) is 2. The molecule has 106 valence electrons. The molecule has 4 amide bonds. The van der Waals surface area contributed by atoms with E-state index in [1.165, 1.54) is 6.26 Å². The largest absolute Gasteiger partial charge is 0.469 e. The zero-order chi connectivity index (χ0) is 14.3. The molecule has 7 heteroatoms. The lowest BCUT2D eigenvalue weighted by atomic mass is 9.89. The maximum Gasteiger partial charge on any atom is 0.322 e. The summed E-state index contributed by atoms with van der Waals surface area (Å²) in [7, 11) is 0. The monoisotopic (exact) mass is 277 g/mol. The van der Waals surface area contributed by atoms with E-state index in [1.807, 2.05) is 0 Å². The Morgan fingerprint density at radius 1 is 1.45 bits per heavy atom. The summed E-state index contributed by atoms with van der Waals surface area (Å²) in [4.78, 5) is 37.3. The van der Waals surface area contributed by atoms with Crippen LogP contribution in [0.3, 0.4) is 0 Å². The van der Waals surface area contributed by atoms with Gasteiger partial charge in [-0.2, -0.15) is 0 Å². The molecule has 1 atom stereocenters. The number of piperidine rings is 1. The van der Waals surface area contributed by atoms with Crippen LogP contribution in [-0.4, -0.2) is 41.4 Å². The summed E-state index contributed by atoms with van der Waals surface area (Å²) in [5.74, 6) is 0.0164. The molecule has 3 rings (SSSR count). The van der Waals surface area contributed by atoms with Gasteiger partial charge in [0.15, 0.2) is 0 Å². The van der Waals surface area contributed by atoms with Gasteiger partial charge in [-0.25, -0.2) is 4.79 Å². The Balaban J connectivity index is 1.82. The molecule has 0 radical (unpaired) electrons. The second-order valence-electron chi connectivity index (χ2n) is 5.21. The maximum atomic E-state index is 12.4. The van der Waals surface area contributed by atoms with Gasteiger partial charge in [0.1, 0.15) is 11.3 Å². The van der Waals surface area contributed by atoms with Crippen molar-refractivity contribution in [2.24, 2.45) is 0 Å². The van der Waals surface area contributed by atoms with Crippen molar-refractivity contribution in [2.45, 2.75) is 25.3 Å². The third-order valence-corrected chi connectivity index (χ3v) is 3.88. The van der Waals surface area contributed by atoms with Gasteiger partial charge in [0.05, 0.1) is 18.4 Å². The zero-order valence-electron chi connectivity index (χ0n) is 11.1. The molecule has 1 spiro atoms. The molecule has 1 unspecified atom stereocenters. The number of furan rings is 1. The molecule has 2 N–H and O–H groups in total. The molecule has 2 saturated heterocycles. The minimum Gasteiger partial charge on any atom is -0.469 e. The Bertz CT molecular complexity index is 594. The summed E-state index contributed by atoms with van der Waals surface area (Å²) < 4.78 is 5.14. The van der Waals surface area contributed by atoms with E-state index in [0.29, 0.717) is 30.7 Å². The van der Waals surface area contributed by atoms with Crippen LogP contribution in [0.15, 0.2) is 16.7 Å². The van der Waals surface area contributed by atoms with E-state index in [2.05, 4.69) is 10.6 Å². The van der Waals surface area contributed by atoms with Gasteiger partial charge in [-0.1, -0.05) is 0 Å². The van der Waals surface area contributed by atoms with E-state index in [0.717, 1.165) is 0 Å². The fourth-order valence-corrected chi connectivity index (χ4v) is 2.82. The minimum atomic E-state index is -0.983.